The Hall–Kier alpha value is -2.64. The third kappa shape index (κ3) is 5.79. The molecule has 2 fully saturated rings. The summed E-state index contributed by atoms with van der Waals surface area (Å²) in [6.07, 6.45) is -0.515. The van der Waals surface area contributed by atoms with Crippen LogP contribution >= 0.6 is 15.9 Å². The minimum Gasteiger partial charge on any atom is -0.394 e. The van der Waals surface area contributed by atoms with Crippen molar-refractivity contribution in [2.75, 3.05) is 23.4 Å². The molecule has 3 aliphatic rings. The Kier molecular flexibility index (Phi) is 8.89. The lowest BCUT2D eigenvalue weighted by atomic mass is 9.82. The van der Waals surface area contributed by atoms with Crippen LogP contribution < -0.4 is 10.2 Å². The van der Waals surface area contributed by atoms with Gasteiger partial charge in [-0.05, 0) is 68.8 Å². The number of benzene rings is 2. The van der Waals surface area contributed by atoms with E-state index in [9.17, 15) is 24.6 Å². The summed E-state index contributed by atoms with van der Waals surface area (Å²) in [5, 5.41) is 22.0. The maximum Gasteiger partial charge on any atom is 0.264 e. The summed E-state index contributed by atoms with van der Waals surface area (Å²) in [7, 11) is -3.46. The van der Waals surface area contributed by atoms with E-state index in [1.165, 1.54) is 6.92 Å². The normalized spacial score (nSPS) is 27.6. The molecule has 0 radical (unpaired) electrons. The van der Waals surface area contributed by atoms with Crippen molar-refractivity contribution < 1.29 is 33.4 Å². The van der Waals surface area contributed by atoms with Crippen molar-refractivity contribution in [3.05, 3.63) is 58.1 Å². The molecule has 1 spiro atoms. The summed E-state index contributed by atoms with van der Waals surface area (Å²) in [5.41, 5.74) is 0.387. The zero-order valence-corrected chi connectivity index (χ0v) is 27.4. The first-order valence-corrected chi connectivity index (χ1v) is 18.5. The van der Waals surface area contributed by atoms with Gasteiger partial charge in [0, 0.05) is 33.7 Å². The van der Waals surface area contributed by atoms with Gasteiger partial charge < -0.3 is 34.2 Å². The lowest BCUT2D eigenvalue weighted by Gasteiger charge is -2.31. The second-order valence-electron chi connectivity index (χ2n) is 12.5. The van der Waals surface area contributed by atoms with E-state index in [1.54, 1.807) is 41.1 Å². The van der Waals surface area contributed by atoms with Crippen molar-refractivity contribution in [1.82, 2.24) is 4.90 Å². The summed E-state index contributed by atoms with van der Waals surface area (Å²) in [6, 6.07) is 12.3. The van der Waals surface area contributed by atoms with Crippen LogP contribution in [0.1, 0.15) is 44.2 Å². The van der Waals surface area contributed by atoms with Crippen LogP contribution in [0.4, 0.5) is 15.5 Å². The molecule has 3 heterocycles. The van der Waals surface area contributed by atoms with Gasteiger partial charge >= 0.3 is 0 Å². The monoisotopic (exact) mass is 675 g/mol. The van der Waals surface area contributed by atoms with Crippen molar-refractivity contribution in [2.24, 2.45) is 5.92 Å². The summed E-state index contributed by atoms with van der Waals surface area (Å²) >= 11 is 3.54. The van der Waals surface area contributed by atoms with E-state index < -0.39 is 43.6 Å². The molecule has 0 bridgehead atoms. The fourth-order valence-electron chi connectivity index (χ4n) is 7.20. The number of nitrogens with one attached hydrogen (secondary N) is 1. The number of aliphatic hydroxyl groups excluding tert-OH is 2. The second-order valence-corrected chi connectivity index (χ2v) is 17.2. The summed E-state index contributed by atoms with van der Waals surface area (Å²) in [6.45, 7) is 7.03. The molecule has 2 aromatic rings. The minimum absolute atomic E-state index is 0.0603. The first kappa shape index (κ1) is 31.8. The third-order valence-corrected chi connectivity index (χ3v) is 12.1. The number of fused-ring (bicyclic) bond motifs is 2. The number of halogens is 2. The Morgan fingerprint density at radius 2 is 2.00 bits per heavy atom. The van der Waals surface area contributed by atoms with Crippen LogP contribution in [0.3, 0.4) is 0 Å². The van der Waals surface area contributed by atoms with E-state index in [4.69, 9.17) is 4.74 Å². The number of carbonyl (C=O) groups is 3. The minimum atomic E-state index is -3.46. The van der Waals surface area contributed by atoms with Gasteiger partial charge in [-0.3, -0.25) is 14.4 Å². The lowest BCUT2D eigenvalue weighted by Crippen LogP contribution is -2.45. The third-order valence-electron chi connectivity index (χ3n) is 9.12. The second kappa shape index (κ2) is 12.0. The summed E-state index contributed by atoms with van der Waals surface area (Å²) < 4.78 is 23.6. The van der Waals surface area contributed by atoms with Crippen LogP contribution in [0.15, 0.2) is 46.9 Å². The largest absolute Gasteiger partial charge is 0.394 e. The Balaban J connectivity index is 1.50. The molecule has 0 aliphatic carbocycles. The van der Waals surface area contributed by atoms with Gasteiger partial charge in [-0.1, -0.05) is 35.0 Å². The highest BCUT2D eigenvalue weighted by atomic mass is 79.9. The van der Waals surface area contributed by atoms with Gasteiger partial charge in [0.1, 0.15) is 6.10 Å². The molecule has 9 nitrogen and oxygen atoms in total. The predicted molar refractivity (Wildman–Crippen MR) is 167 cm³/mol. The number of aliphatic hydroxyl groups is 2. The molecule has 12 heteroatoms. The summed E-state index contributed by atoms with van der Waals surface area (Å²) in [5.74, 6) is -1.60. The van der Waals surface area contributed by atoms with Crippen molar-refractivity contribution in [2.45, 2.75) is 82.1 Å². The molecule has 0 unspecified atom stereocenters. The number of amides is 3. The average Bonchev–Trinajstić information content (AvgIpc) is 3.59. The van der Waals surface area contributed by atoms with Gasteiger partial charge in [0.2, 0.25) is 14.3 Å². The molecule has 6 atom stereocenters. The predicted octanol–water partition coefficient (Wildman–Crippen LogP) is 4.46. The van der Waals surface area contributed by atoms with Crippen LogP contribution in [0.25, 0.3) is 0 Å². The van der Waals surface area contributed by atoms with Gasteiger partial charge in [0.25, 0.3) is 11.8 Å². The molecule has 3 amide bonds. The highest BCUT2D eigenvalue weighted by Crippen LogP contribution is 2.60. The quantitative estimate of drug-likeness (QED) is 0.281. The van der Waals surface area contributed by atoms with Crippen LogP contribution in [0, 0.1) is 5.92 Å². The van der Waals surface area contributed by atoms with E-state index in [2.05, 4.69) is 21.2 Å². The molecule has 2 aromatic carbocycles. The van der Waals surface area contributed by atoms with E-state index >= 15 is 4.11 Å². The number of carbonyl (C=O) groups excluding carboxylic acids is 3. The molecule has 0 aromatic heterocycles. The topological polar surface area (TPSA) is 119 Å². The van der Waals surface area contributed by atoms with E-state index in [-0.39, 0.29) is 37.4 Å². The Morgan fingerprint density at radius 1 is 1.26 bits per heavy atom. The molecule has 5 rings (SSSR count). The number of hydrogen-bond acceptors (Lipinski definition) is 6. The Bertz CT molecular complexity index is 1420. The fraction of sp³-hybridized carbons (Fsp3) is 0.516. The maximum atomic E-state index is 16.1. The SMILES string of the molecule is C[C@H](O)C(=O)Nc1cccc(CN2C(=O)[C@@]3(O[C@@H](CC(=O)N4CCC[C@H]4CO)[C@H]([Si](C)(C)F)[C@H]3C)c3cc(Br)ccc32)c1. The van der Waals surface area contributed by atoms with Gasteiger partial charge in [0.05, 0.1) is 37.4 Å². The van der Waals surface area contributed by atoms with Gasteiger partial charge in [-0.2, -0.15) is 0 Å². The molecule has 3 aliphatic heterocycles. The fourth-order valence-corrected chi connectivity index (χ4v) is 10.1. The Labute approximate surface area is 260 Å². The first-order chi connectivity index (χ1) is 20.3. The molecule has 2 saturated heterocycles. The van der Waals surface area contributed by atoms with Gasteiger partial charge in [-0.15, -0.1) is 0 Å². The van der Waals surface area contributed by atoms with Crippen LogP contribution in [-0.4, -0.2) is 72.6 Å². The molecule has 43 heavy (non-hydrogen) atoms. The number of rotatable bonds is 8. The van der Waals surface area contributed by atoms with Crippen molar-refractivity contribution in [3.63, 3.8) is 0 Å². The number of hydrogen-bond donors (Lipinski definition) is 3. The standard InChI is InChI=1S/C31H39BrFN3O6Si/c1-18-28(43(3,4)33)26(15-27(39)35-12-6-9-23(35)17-37)42-31(18)24-14-21(32)10-11-25(24)36(30(31)41)16-20-7-5-8-22(13-20)34-29(40)19(2)38/h5,7-8,10-11,13-14,18-19,23,26,28,37-38H,6,9,12,15-17H2,1-4H3,(H,34,40)/t18-,19+,23+,26+,28-,31+/m1/s1. The van der Waals surface area contributed by atoms with Crippen LogP contribution in [0.5, 0.6) is 0 Å². The highest BCUT2D eigenvalue weighted by molar-refractivity contribution is 9.10. The van der Waals surface area contributed by atoms with Crippen LogP contribution in [-0.2, 0) is 31.3 Å². The molecular weight excluding hydrogens is 637 g/mol. The average molecular weight is 677 g/mol. The molecular formula is C31H39BrFN3O6Si. The number of anilines is 2. The number of ether oxygens (including phenoxy) is 1. The molecule has 0 saturated carbocycles. The van der Waals surface area contributed by atoms with Crippen molar-refractivity contribution in [3.8, 4) is 0 Å². The number of nitrogens with zero attached hydrogens (tertiary/aromatic N) is 2. The Morgan fingerprint density at radius 3 is 2.67 bits per heavy atom. The smallest absolute Gasteiger partial charge is 0.264 e. The molecule has 232 valence electrons. The zero-order valence-electron chi connectivity index (χ0n) is 24.8. The van der Waals surface area contributed by atoms with Gasteiger partial charge in [0.15, 0.2) is 5.60 Å². The van der Waals surface area contributed by atoms with Crippen molar-refractivity contribution >= 4 is 53.4 Å². The lowest BCUT2D eigenvalue weighted by molar-refractivity contribution is -0.150. The van der Waals surface area contributed by atoms with E-state index in [0.717, 1.165) is 22.9 Å². The first-order valence-electron chi connectivity index (χ1n) is 14.7. The van der Waals surface area contributed by atoms with Crippen molar-refractivity contribution in [1.29, 1.82) is 0 Å². The van der Waals surface area contributed by atoms with Crippen LogP contribution in [0.2, 0.25) is 18.6 Å². The summed E-state index contributed by atoms with van der Waals surface area (Å²) in [4.78, 5) is 43.4. The number of likely N-dealkylation sites (tertiary alicyclic amines) is 1. The van der Waals surface area contributed by atoms with E-state index in [1.807, 2.05) is 31.2 Å². The zero-order chi connectivity index (χ0) is 31.3. The van der Waals surface area contributed by atoms with E-state index in [0.29, 0.717) is 23.5 Å². The van der Waals surface area contributed by atoms with Gasteiger partial charge in [-0.25, -0.2) is 0 Å². The highest BCUT2D eigenvalue weighted by Gasteiger charge is 2.67. The maximum absolute atomic E-state index is 16.1. The molecule has 3 N–H and O–H groups in total.